The van der Waals surface area contributed by atoms with E-state index in [0.717, 1.165) is 18.6 Å². The first-order chi connectivity index (χ1) is 7.42. The number of hydrogen-bond acceptors (Lipinski definition) is 2. The second kappa shape index (κ2) is 3.49. The molecule has 0 bridgehead atoms. The Kier molecular flexibility index (Phi) is 2.50. The van der Waals surface area contributed by atoms with Gasteiger partial charge in [0.15, 0.2) is 0 Å². The van der Waals surface area contributed by atoms with Crippen LogP contribution >= 0.6 is 0 Å². The lowest BCUT2D eigenvalue weighted by Crippen LogP contribution is -2.43. The van der Waals surface area contributed by atoms with Crippen molar-refractivity contribution < 1.29 is 4.74 Å². The van der Waals surface area contributed by atoms with E-state index >= 15 is 0 Å². The molecule has 0 aliphatic heterocycles. The van der Waals surface area contributed by atoms with Crippen LogP contribution in [0.2, 0.25) is 0 Å². The Hall–Kier alpha value is -1.02. The molecule has 1 aromatic carbocycles. The third kappa shape index (κ3) is 1.52. The van der Waals surface area contributed by atoms with Crippen molar-refractivity contribution in [2.24, 2.45) is 5.73 Å². The van der Waals surface area contributed by atoms with Gasteiger partial charge in [0.2, 0.25) is 0 Å². The first kappa shape index (κ1) is 11.5. The Labute approximate surface area is 97.8 Å². The summed E-state index contributed by atoms with van der Waals surface area (Å²) in [5.74, 6) is 0.954. The SMILES string of the molecule is COc1cccc(C(C)(C)C2(N)CC2)c1C. The molecule has 16 heavy (non-hydrogen) atoms. The monoisotopic (exact) mass is 219 g/mol. The first-order valence-corrected chi connectivity index (χ1v) is 5.85. The molecule has 1 aliphatic carbocycles. The zero-order valence-electron chi connectivity index (χ0n) is 10.6. The normalized spacial score (nSPS) is 18.3. The Morgan fingerprint density at radius 1 is 1.31 bits per heavy atom. The molecular weight excluding hydrogens is 198 g/mol. The third-order valence-electron chi connectivity index (χ3n) is 4.21. The van der Waals surface area contributed by atoms with Crippen LogP contribution in [-0.2, 0) is 5.41 Å². The lowest BCUT2D eigenvalue weighted by molar-refractivity contribution is 0.379. The van der Waals surface area contributed by atoms with Crippen molar-refractivity contribution in [2.75, 3.05) is 7.11 Å². The molecule has 0 heterocycles. The van der Waals surface area contributed by atoms with E-state index in [0.29, 0.717) is 0 Å². The van der Waals surface area contributed by atoms with Crippen LogP contribution in [-0.4, -0.2) is 12.6 Å². The zero-order chi connectivity index (χ0) is 12.0. The van der Waals surface area contributed by atoms with Crippen LogP contribution in [0.1, 0.15) is 37.8 Å². The van der Waals surface area contributed by atoms with E-state index in [1.165, 1.54) is 11.1 Å². The minimum atomic E-state index is -0.0237. The maximum absolute atomic E-state index is 6.38. The Morgan fingerprint density at radius 2 is 1.94 bits per heavy atom. The van der Waals surface area contributed by atoms with Crippen molar-refractivity contribution in [3.63, 3.8) is 0 Å². The molecule has 2 nitrogen and oxygen atoms in total. The average molecular weight is 219 g/mol. The Morgan fingerprint density at radius 3 is 2.44 bits per heavy atom. The fourth-order valence-electron chi connectivity index (χ4n) is 2.54. The van der Waals surface area contributed by atoms with Crippen molar-refractivity contribution in [1.82, 2.24) is 0 Å². The highest BCUT2D eigenvalue weighted by Gasteiger charge is 2.52. The smallest absolute Gasteiger partial charge is 0.122 e. The van der Waals surface area contributed by atoms with Crippen LogP contribution in [0.4, 0.5) is 0 Å². The predicted octanol–water partition coefficient (Wildman–Crippen LogP) is 2.77. The van der Waals surface area contributed by atoms with Gasteiger partial charge in [-0.1, -0.05) is 26.0 Å². The molecular formula is C14H21NO. The van der Waals surface area contributed by atoms with Gasteiger partial charge < -0.3 is 10.5 Å². The summed E-state index contributed by atoms with van der Waals surface area (Å²) in [6.07, 6.45) is 2.24. The number of nitrogens with two attached hydrogens (primary N) is 1. The number of methoxy groups -OCH3 is 1. The van der Waals surface area contributed by atoms with Crippen molar-refractivity contribution in [3.8, 4) is 5.75 Å². The molecule has 88 valence electrons. The average Bonchev–Trinajstić information content (AvgIpc) is 2.98. The fourth-order valence-corrected chi connectivity index (χ4v) is 2.54. The first-order valence-electron chi connectivity index (χ1n) is 5.85. The molecule has 1 aromatic rings. The molecule has 1 fully saturated rings. The maximum Gasteiger partial charge on any atom is 0.122 e. The molecule has 1 saturated carbocycles. The van der Waals surface area contributed by atoms with E-state index in [4.69, 9.17) is 10.5 Å². The summed E-state index contributed by atoms with van der Waals surface area (Å²) in [6.45, 7) is 6.59. The standard InChI is InChI=1S/C14H21NO/c1-10-11(6-5-7-12(10)16-4)13(2,3)14(15)8-9-14/h5-7H,8-9,15H2,1-4H3. The quantitative estimate of drug-likeness (QED) is 0.848. The summed E-state index contributed by atoms with van der Waals surface area (Å²) in [4.78, 5) is 0. The van der Waals surface area contributed by atoms with Gasteiger partial charge in [-0.2, -0.15) is 0 Å². The van der Waals surface area contributed by atoms with Gasteiger partial charge in [0.05, 0.1) is 7.11 Å². The van der Waals surface area contributed by atoms with Gasteiger partial charge in [-0.25, -0.2) is 0 Å². The van der Waals surface area contributed by atoms with Crippen molar-refractivity contribution in [3.05, 3.63) is 29.3 Å². The minimum absolute atomic E-state index is 0.0195. The Balaban J connectivity index is 2.48. The summed E-state index contributed by atoms with van der Waals surface area (Å²) in [5, 5.41) is 0. The summed E-state index contributed by atoms with van der Waals surface area (Å²) in [7, 11) is 1.72. The Bertz CT molecular complexity index is 405. The molecule has 0 spiro atoms. The summed E-state index contributed by atoms with van der Waals surface area (Å²) >= 11 is 0. The predicted molar refractivity (Wildman–Crippen MR) is 66.9 cm³/mol. The highest BCUT2D eigenvalue weighted by atomic mass is 16.5. The summed E-state index contributed by atoms with van der Waals surface area (Å²) in [5.41, 5.74) is 8.90. The number of benzene rings is 1. The molecule has 0 radical (unpaired) electrons. The van der Waals surface area contributed by atoms with Gasteiger partial charge in [-0.05, 0) is 37.0 Å². The highest BCUT2D eigenvalue weighted by Crippen LogP contribution is 2.50. The zero-order valence-corrected chi connectivity index (χ0v) is 10.6. The van der Waals surface area contributed by atoms with Crippen LogP contribution in [0.5, 0.6) is 5.75 Å². The summed E-state index contributed by atoms with van der Waals surface area (Å²) < 4.78 is 5.37. The van der Waals surface area contributed by atoms with Crippen LogP contribution in [0.25, 0.3) is 0 Å². The van der Waals surface area contributed by atoms with E-state index in [-0.39, 0.29) is 11.0 Å². The van der Waals surface area contributed by atoms with Crippen molar-refractivity contribution in [2.45, 2.75) is 44.6 Å². The van der Waals surface area contributed by atoms with Crippen LogP contribution in [0.3, 0.4) is 0 Å². The van der Waals surface area contributed by atoms with Crippen LogP contribution < -0.4 is 10.5 Å². The van der Waals surface area contributed by atoms with E-state index < -0.39 is 0 Å². The van der Waals surface area contributed by atoms with Crippen molar-refractivity contribution >= 4 is 0 Å². The molecule has 2 N–H and O–H groups in total. The van der Waals surface area contributed by atoms with Crippen LogP contribution in [0.15, 0.2) is 18.2 Å². The van der Waals surface area contributed by atoms with Gasteiger partial charge in [0, 0.05) is 11.0 Å². The van der Waals surface area contributed by atoms with E-state index in [1.807, 2.05) is 6.07 Å². The highest BCUT2D eigenvalue weighted by molar-refractivity contribution is 5.45. The van der Waals surface area contributed by atoms with Crippen LogP contribution in [0, 0.1) is 6.92 Å². The minimum Gasteiger partial charge on any atom is -0.496 e. The van der Waals surface area contributed by atoms with E-state index in [9.17, 15) is 0 Å². The van der Waals surface area contributed by atoms with Gasteiger partial charge in [-0.15, -0.1) is 0 Å². The molecule has 0 amide bonds. The largest absolute Gasteiger partial charge is 0.496 e. The number of ether oxygens (including phenoxy) is 1. The molecule has 2 heteroatoms. The lowest BCUT2D eigenvalue weighted by atomic mass is 9.74. The second-order valence-corrected chi connectivity index (χ2v) is 5.41. The second-order valence-electron chi connectivity index (χ2n) is 5.41. The molecule has 0 aromatic heterocycles. The molecule has 0 atom stereocenters. The number of hydrogen-bond donors (Lipinski definition) is 1. The van der Waals surface area contributed by atoms with Gasteiger partial charge in [-0.3, -0.25) is 0 Å². The van der Waals surface area contributed by atoms with Gasteiger partial charge in [0.1, 0.15) is 5.75 Å². The fraction of sp³-hybridized carbons (Fsp3) is 0.571. The van der Waals surface area contributed by atoms with Gasteiger partial charge >= 0.3 is 0 Å². The van der Waals surface area contributed by atoms with Crippen molar-refractivity contribution in [1.29, 1.82) is 0 Å². The molecule has 2 rings (SSSR count). The van der Waals surface area contributed by atoms with E-state index in [1.54, 1.807) is 7.11 Å². The topological polar surface area (TPSA) is 35.2 Å². The van der Waals surface area contributed by atoms with Gasteiger partial charge in [0.25, 0.3) is 0 Å². The number of rotatable bonds is 3. The van der Waals surface area contributed by atoms with E-state index in [2.05, 4.69) is 32.9 Å². The summed E-state index contributed by atoms with van der Waals surface area (Å²) in [6, 6.07) is 6.23. The lowest BCUT2D eigenvalue weighted by Gasteiger charge is -2.34. The molecule has 0 unspecified atom stereocenters. The third-order valence-corrected chi connectivity index (χ3v) is 4.21. The maximum atomic E-state index is 6.38. The molecule has 1 aliphatic rings. The molecule has 0 saturated heterocycles.